The molecule has 0 radical (unpaired) electrons. The molecule has 0 aliphatic carbocycles. The van der Waals surface area contributed by atoms with E-state index in [0.717, 1.165) is 5.56 Å². The van der Waals surface area contributed by atoms with Gasteiger partial charge in [0, 0.05) is 38.6 Å². The lowest BCUT2D eigenvalue weighted by Crippen LogP contribution is -2.50. The molecule has 2 heterocycles. The molecule has 138 valence electrons. The average molecular weight is 373 g/mol. The van der Waals surface area contributed by atoms with E-state index in [4.69, 9.17) is 0 Å². The Bertz CT molecular complexity index is 857. The SMILES string of the molecule is CC(C)c1ccc(S(=O)(=O)N2CCN(C(=O)c3cccnc3)CC2)cc1. The molecule has 0 spiro atoms. The van der Waals surface area contributed by atoms with Crippen LogP contribution in [0.1, 0.15) is 35.7 Å². The average Bonchev–Trinajstić information content (AvgIpc) is 2.68. The molecule has 26 heavy (non-hydrogen) atoms. The Kier molecular flexibility index (Phi) is 5.38. The van der Waals surface area contributed by atoms with E-state index in [0.29, 0.717) is 42.6 Å². The van der Waals surface area contributed by atoms with Crippen LogP contribution in [0.5, 0.6) is 0 Å². The molecule has 1 amide bonds. The molecule has 6 nitrogen and oxygen atoms in total. The fourth-order valence-corrected chi connectivity index (χ4v) is 4.40. The largest absolute Gasteiger partial charge is 0.336 e. The summed E-state index contributed by atoms with van der Waals surface area (Å²) in [5.41, 5.74) is 1.63. The van der Waals surface area contributed by atoms with Gasteiger partial charge in [-0.2, -0.15) is 4.31 Å². The number of carbonyl (C=O) groups is 1. The van der Waals surface area contributed by atoms with Crippen molar-refractivity contribution >= 4 is 15.9 Å². The van der Waals surface area contributed by atoms with E-state index in [1.807, 2.05) is 12.1 Å². The molecule has 1 aliphatic heterocycles. The van der Waals surface area contributed by atoms with Gasteiger partial charge in [0.05, 0.1) is 10.5 Å². The Morgan fingerprint density at radius 1 is 1.04 bits per heavy atom. The normalized spacial score (nSPS) is 16.0. The van der Waals surface area contributed by atoms with Gasteiger partial charge in [0.2, 0.25) is 10.0 Å². The first-order valence-corrected chi connectivity index (χ1v) is 10.1. The molecule has 1 aromatic heterocycles. The second-order valence-electron chi connectivity index (χ2n) is 6.66. The Morgan fingerprint density at radius 2 is 1.69 bits per heavy atom. The molecular weight excluding hydrogens is 350 g/mol. The second-order valence-corrected chi connectivity index (χ2v) is 8.60. The van der Waals surface area contributed by atoms with Crippen molar-refractivity contribution in [2.75, 3.05) is 26.2 Å². The maximum Gasteiger partial charge on any atom is 0.255 e. The fourth-order valence-electron chi connectivity index (χ4n) is 2.98. The summed E-state index contributed by atoms with van der Waals surface area (Å²) in [6.07, 6.45) is 3.15. The summed E-state index contributed by atoms with van der Waals surface area (Å²) in [4.78, 5) is 18.4. The number of piperazine rings is 1. The van der Waals surface area contributed by atoms with Crippen LogP contribution in [-0.4, -0.2) is 54.7 Å². The number of pyridine rings is 1. The third-order valence-electron chi connectivity index (χ3n) is 4.62. The van der Waals surface area contributed by atoms with Crippen molar-refractivity contribution in [3.05, 3.63) is 59.9 Å². The van der Waals surface area contributed by atoms with E-state index in [1.165, 1.54) is 10.5 Å². The minimum atomic E-state index is -3.54. The number of benzene rings is 1. The van der Waals surface area contributed by atoms with Crippen LogP contribution in [0.3, 0.4) is 0 Å². The molecule has 3 rings (SSSR count). The zero-order valence-corrected chi connectivity index (χ0v) is 15.8. The lowest BCUT2D eigenvalue weighted by molar-refractivity contribution is 0.0697. The standard InChI is InChI=1S/C19H23N3O3S/c1-15(2)16-5-7-18(8-6-16)26(24,25)22-12-10-21(11-13-22)19(23)17-4-3-9-20-14-17/h3-9,14-15H,10-13H2,1-2H3. The third kappa shape index (κ3) is 3.78. The van der Waals surface area contributed by atoms with E-state index >= 15 is 0 Å². The van der Waals surface area contributed by atoms with Gasteiger partial charge < -0.3 is 4.90 Å². The molecule has 7 heteroatoms. The molecule has 0 bridgehead atoms. The minimum absolute atomic E-state index is 0.114. The summed E-state index contributed by atoms with van der Waals surface area (Å²) < 4.78 is 27.1. The Balaban J connectivity index is 1.68. The highest BCUT2D eigenvalue weighted by Gasteiger charge is 2.30. The lowest BCUT2D eigenvalue weighted by atomic mass is 10.0. The monoisotopic (exact) mass is 373 g/mol. The van der Waals surface area contributed by atoms with Crippen LogP contribution in [0.4, 0.5) is 0 Å². The maximum absolute atomic E-state index is 12.8. The number of amides is 1. The van der Waals surface area contributed by atoms with E-state index in [-0.39, 0.29) is 5.91 Å². The highest BCUT2D eigenvalue weighted by atomic mass is 32.2. The fraction of sp³-hybridized carbons (Fsp3) is 0.368. The summed E-state index contributed by atoms with van der Waals surface area (Å²) in [6, 6.07) is 10.5. The number of sulfonamides is 1. The number of rotatable bonds is 4. The molecule has 0 N–H and O–H groups in total. The van der Waals surface area contributed by atoms with Gasteiger partial charge in [-0.15, -0.1) is 0 Å². The highest BCUT2D eigenvalue weighted by Crippen LogP contribution is 2.21. The molecule has 1 saturated heterocycles. The highest BCUT2D eigenvalue weighted by molar-refractivity contribution is 7.89. The molecule has 1 fully saturated rings. The van der Waals surface area contributed by atoms with Crippen molar-refractivity contribution in [3.8, 4) is 0 Å². The molecule has 0 atom stereocenters. The minimum Gasteiger partial charge on any atom is -0.336 e. The first kappa shape index (κ1) is 18.5. The topological polar surface area (TPSA) is 70.6 Å². The number of hydrogen-bond donors (Lipinski definition) is 0. The van der Waals surface area contributed by atoms with E-state index in [9.17, 15) is 13.2 Å². The van der Waals surface area contributed by atoms with Gasteiger partial charge >= 0.3 is 0 Å². The molecule has 0 unspecified atom stereocenters. The van der Waals surface area contributed by atoms with Crippen molar-refractivity contribution in [3.63, 3.8) is 0 Å². The number of aromatic nitrogens is 1. The molecule has 2 aromatic rings. The van der Waals surface area contributed by atoms with Crippen molar-refractivity contribution in [2.24, 2.45) is 0 Å². The van der Waals surface area contributed by atoms with Gasteiger partial charge in [0.1, 0.15) is 0 Å². The van der Waals surface area contributed by atoms with Gasteiger partial charge in [-0.3, -0.25) is 9.78 Å². The summed E-state index contributed by atoms with van der Waals surface area (Å²) >= 11 is 0. The summed E-state index contributed by atoms with van der Waals surface area (Å²) in [6.45, 7) is 5.47. The third-order valence-corrected chi connectivity index (χ3v) is 6.53. The smallest absolute Gasteiger partial charge is 0.255 e. The van der Waals surface area contributed by atoms with Crippen LogP contribution in [0.25, 0.3) is 0 Å². The molecule has 1 aromatic carbocycles. The first-order valence-electron chi connectivity index (χ1n) is 8.69. The van der Waals surface area contributed by atoms with Crippen LogP contribution in [0.2, 0.25) is 0 Å². The Labute approximate surface area is 154 Å². The van der Waals surface area contributed by atoms with Crippen LogP contribution >= 0.6 is 0 Å². The predicted molar refractivity (Wildman–Crippen MR) is 99.4 cm³/mol. The first-order chi connectivity index (χ1) is 12.4. The van der Waals surface area contributed by atoms with Crippen molar-refractivity contribution in [1.29, 1.82) is 0 Å². The number of nitrogens with zero attached hydrogens (tertiary/aromatic N) is 3. The second kappa shape index (κ2) is 7.55. The van der Waals surface area contributed by atoms with Gasteiger partial charge in [0.25, 0.3) is 5.91 Å². The van der Waals surface area contributed by atoms with E-state index < -0.39 is 10.0 Å². The van der Waals surface area contributed by atoms with Crippen LogP contribution in [0.15, 0.2) is 53.7 Å². The maximum atomic E-state index is 12.8. The molecule has 1 aliphatic rings. The van der Waals surface area contributed by atoms with Crippen LogP contribution < -0.4 is 0 Å². The summed E-state index contributed by atoms with van der Waals surface area (Å²) in [5, 5.41) is 0. The molecule has 0 saturated carbocycles. The van der Waals surface area contributed by atoms with Crippen LogP contribution in [-0.2, 0) is 10.0 Å². The summed E-state index contributed by atoms with van der Waals surface area (Å²) in [7, 11) is -3.54. The van der Waals surface area contributed by atoms with Crippen molar-refractivity contribution in [1.82, 2.24) is 14.2 Å². The zero-order valence-electron chi connectivity index (χ0n) is 15.0. The van der Waals surface area contributed by atoms with Gasteiger partial charge in [0.15, 0.2) is 0 Å². The van der Waals surface area contributed by atoms with Gasteiger partial charge in [-0.05, 0) is 35.7 Å². The van der Waals surface area contributed by atoms with Gasteiger partial charge in [-0.25, -0.2) is 8.42 Å². The Hall–Kier alpha value is -2.25. The van der Waals surface area contributed by atoms with Crippen LogP contribution in [0, 0.1) is 0 Å². The summed E-state index contributed by atoms with van der Waals surface area (Å²) in [5.74, 6) is 0.241. The number of carbonyl (C=O) groups excluding carboxylic acids is 1. The van der Waals surface area contributed by atoms with Crippen molar-refractivity contribution in [2.45, 2.75) is 24.7 Å². The van der Waals surface area contributed by atoms with Crippen molar-refractivity contribution < 1.29 is 13.2 Å². The molecular formula is C19H23N3O3S. The lowest BCUT2D eigenvalue weighted by Gasteiger charge is -2.34. The van der Waals surface area contributed by atoms with E-state index in [2.05, 4.69) is 18.8 Å². The zero-order chi connectivity index (χ0) is 18.7. The quantitative estimate of drug-likeness (QED) is 0.825. The van der Waals surface area contributed by atoms with E-state index in [1.54, 1.807) is 35.4 Å². The Morgan fingerprint density at radius 3 is 2.23 bits per heavy atom. The number of hydrogen-bond acceptors (Lipinski definition) is 4. The predicted octanol–water partition coefficient (Wildman–Crippen LogP) is 2.35. The van der Waals surface area contributed by atoms with Gasteiger partial charge in [-0.1, -0.05) is 26.0 Å².